The van der Waals surface area contributed by atoms with Crippen LogP contribution in [-0.2, 0) is 13.6 Å². The summed E-state index contributed by atoms with van der Waals surface area (Å²) >= 11 is 0. The molecule has 1 N–H and O–H groups in total. The van der Waals surface area contributed by atoms with Crippen molar-refractivity contribution < 1.29 is 0 Å². The predicted octanol–water partition coefficient (Wildman–Crippen LogP) is 0.647. The zero-order valence-electron chi connectivity index (χ0n) is 12.6. The minimum atomic E-state index is -0.196. The van der Waals surface area contributed by atoms with Crippen LogP contribution >= 0.6 is 0 Å². The highest BCUT2D eigenvalue weighted by Gasteiger charge is 2.19. The third-order valence-electron chi connectivity index (χ3n) is 3.94. The molecule has 7 heteroatoms. The van der Waals surface area contributed by atoms with Crippen molar-refractivity contribution in [2.24, 2.45) is 7.05 Å². The molecule has 1 aliphatic rings. The van der Waals surface area contributed by atoms with Crippen LogP contribution in [0.1, 0.15) is 18.5 Å². The second-order valence-electron chi connectivity index (χ2n) is 5.60. The maximum absolute atomic E-state index is 11.5. The Labute approximate surface area is 129 Å². The van der Waals surface area contributed by atoms with Crippen molar-refractivity contribution in [3.63, 3.8) is 0 Å². The molecule has 116 valence electrons. The predicted molar refractivity (Wildman–Crippen MR) is 83.4 cm³/mol. The SMILES string of the molecule is Cn1ccc(CN2CCC(Nc3ccncn3)CC2)nc1=O. The van der Waals surface area contributed by atoms with Crippen LogP contribution in [0.25, 0.3) is 0 Å². The molecule has 0 atom stereocenters. The van der Waals surface area contributed by atoms with Gasteiger partial charge in [0.1, 0.15) is 12.1 Å². The van der Waals surface area contributed by atoms with Crippen molar-refractivity contribution in [1.82, 2.24) is 24.4 Å². The highest BCUT2D eigenvalue weighted by atomic mass is 16.1. The number of nitrogens with zero attached hydrogens (tertiary/aromatic N) is 5. The van der Waals surface area contributed by atoms with Gasteiger partial charge in [-0.2, -0.15) is 4.98 Å². The molecular formula is C15H20N6O. The van der Waals surface area contributed by atoms with E-state index in [0.717, 1.165) is 44.0 Å². The molecule has 0 bridgehead atoms. The minimum absolute atomic E-state index is 0.196. The molecule has 0 radical (unpaired) electrons. The van der Waals surface area contributed by atoms with Crippen LogP contribution in [0.15, 0.2) is 35.6 Å². The lowest BCUT2D eigenvalue weighted by molar-refractivity contribution is 0.208. The first-order valence-electron chi connectivity index (χ1n) is 7.48. The lowest BCUT2D eigenvalue weighted by Gasteiger charge is -2.32. The molecular weight excluding hydrogens is 280 g/mol. The summed E-state index contributed by atoms with van der Waals surface area (Å²) in [6.07, 6.45) is 7.17. The molecule has 0 spiro atoms. The van der Waals surface area contributed by atoms with Gasteiger partial charge in [0.15, 0.2) is 0 Å². The van der Waals surface area contributed by atoms with E-state index in [4.69, 9.17) is 0 Å². The Kier molecular flexibility index (Phi) is 4.43. The van der Waals surface area contributed by atoms with Gasteiger partial charge in [-0.05, 0) is 25.0 Å². The fourth-order valence-corrected chi connectivity index (χ4v) is 2.64. The van der Waals surface area contributed by atoms with E-state index in [9.17, 15) is 4.79 Å². The molecule has 2 aromatic rings. The van der Waals surface area contributed by atoms with Crippen LogP contribution in [0.4, 0.5) is 5.82 Å². The molecule has 1 fully saturated rings. The number of rotatable bonds is 4. The third kappa shape index (κ3) is 3.67. The van der Waals surface area contributed by atoms with Crippen molar-refractivity contribution in [3.8, 4) is 0 Å². The van der Waals surface area contributed by atoms with Crippen molar-refractivity contribution in [2.75, 3.05) is 18.4 Å². The zero-order valence-corrected chi connectivity index (χ0v) is 12.6. The third-order valence-corrected chi connectivity index (χ3v) is 3.94. The Hall–Kier alpha value is -2.28. The van der Waals surface area contributed by atoms with E-state index in [1.165, 1.54) is 4.57 Å². The Morgan fingerprint density at radius 2 is 2.14 bits per heavy atom. The molecule has 0 unspecified atom stereocenters. The van der Waals surface area contributed by atoms with E-state index in [1.54, 1.807) is 25.8 Å². The van der Waals surface area contributed by atoms with E-state index in [1.807, 2.05) is 12.1 Å². The van der Waals surface area contributed by atoms with Gasteiger partial charge in [0.2, 0.25) is 0 Å². The molecule has 0 amide bonds. The van der Waals surface area contributed by atoms with Gasteiger partial charge < -0.3 is 9.88 Å². The fourth-order valence-electron chi connectivity index (χ4n) is 2.64. The summed E-state index contributed by atoms with van der Waals surface area (Å²) in [5.74, 6) is 0.877. The van der Waals surface area contributed by atoms with Gasteiger partial charge >= 0.3 is 5.69 Å². The number of nitrogens with one attached hydrogen (secondary N) is 1. The molecule has 1 saturated heterocycles. The normalized spacial score (nSPS) is 16.6. The Morgan fingerprint density at radius 1 is 1.32 bits per heavy atom. The molecule has 1 aliphatic heterocycles. The standard InChI is InChI=1S/C15H20N6O/c1-20-7-3-13(19-15(20)22)10-21-8-4-12(5-9-21)18-14-2-6-16-11-17-14/h2-3,6-7,11-12H,4-5,8-10H2,1H3,(H,16,17,18). The Morgan fingerprint density at radius 3 is 2.82 bits per heavy atom. The number of aryl methyl sites for hydroxylation is 1. The van der Waals surface area contributed by atoms with Crippen LogP contribution in [-0.4, -0.2) is 43.6 Å². The van der Waals surface area contributed by atoms with Crippen LogP contribution in [0.3, 0.4) is 0 Å². The number of piperidine rings is 1. The molecule has 3 heterocycles. The first kappa shape index (κ1) is 14.6. The van der Waals surface area contributed by atoms with Gasteiger partial charge in [0.05, 0.1) is 5.69 Å². The Bertz CT molecular complexity index is 663. The summed E-state index contributed by atoms with van der Waals surface area (Å²) < 4.78 is 1.49. The van der Waals surface area contributed by atoms with Gasteiger partial charge in [-0.3, -0.25) is 4.90 Å². The van der Waals surface area contributed by atoms with E-state index in [2.05, 4.69) is 25.2 Å². The van der Waals surface area contributed by atoms with Gasteiger partial charge in [-0.15, -0.1) is 0 Å². The molecule has 0 saturated carbocycles. The van der Waals surface area contributed by atoms with Crippen LogP contribution < -0.4 is 11.0 Å². The molecule has 3 rings (SSSR count). The smallest absolute Gasteiger partial charge is 0.347 e. The zero-order chi connectivity index (χ0) is 15.4. The molecule has 2 aromatic heterocycles. The fraction of sp³-hybridized carbons (Fsp3) is 0.467. The van der Waals surface area contributed by atoms with Crippen LogP contribution in [0, 0.1) is 0 Å². The monoisotopic (exact) mass is 300 g/mol. The van der Waals surface area contributed by atoms with Crippen molar-refractivity contribution >= 4 is 5.82 Å². The highest BCUT2D eigenvalue weighted by Crippen LogP contribution is 2.16. The van der Waals surface area contributed by atoms with Gasteiger partial charge in [-0.25, -0.2) is 14.8 Å². The number of aromatic nitrogens is 4. The number of likely N-dealkylation sites (tertiary alicyclic amines) is 1. The first-order chi connectivity index (χ1) is 10.7. The van der Waals surface area contributed by atoms with Crippen molar-refractivity contribution in [3.05, 3.63) is 47.0 Å². The maximum Gasteiger partial charge on any atom is 0.347 e. The van der Waals surface area contributed by atoms with Crippen molar-refractivity contribution in [1.29, 1.82) is 0 Å². The minimum Gasteiger partial charge on any atom is -0.367 e. The number of hydrogen-bond acceptors (Lipinski definition) is 6. The van der Waals surface area contributed by atoms with Crippen molar-refractivity contribution in [2.45, 2.75) is 25.4 Å². The summed E-state index contributed by atoms with van der Waals surface area (Å²) in [5, 5.41) is 3.44. The van der Waals surface area contributed by atoms with E-state index >= 15 is 0 Å². The van der Waals surface area contributed by atoms with Gasteiger partial charge in [0.25, 0.3) is 0 Å². The van der Waals surface area contributed by atoms with Gasteiger partial charge in [-0.1, -0.05) is 0 Å². The maximum atomic E-state index is 11.5. The number of anilines is 1. The topological polar surface area (TPSA) is 75.9 Å². The first-order valence-corrected chi connectivity index (χ1v) is 7.48. The summed E-state index contributed by atoms with van der Waals surface area (Å²) in [4.78, 5) is 26.1. The lowest BCUT2D eigenvalue weighted by atomic mass is 10.0. The molecule has 0 aliphatic carbocycles. The Balaban J connectivity index is 1.51. The summed E-state index contributed by atoms with van der Waals surface area (Å²) in [5.41, 5.74) is 0.642. The van der Waals surface area contributed by atoms with E-state index in [-0.39, 0.29) is 5.69 Å². The average Bonchev–Trinajstić information content (AvgIpc) is 2.54. The van der Waals surface area contributed by atoms with E-state index in [0.29, 0.717) is 6.04 Å². The van der Waals surface area contributed by atoms with Gasteiger partial charge in [0, 0.05) is 45.1 Å². The summed E-state index contributed by atoms with van der Waals surface area (Å²) in [6.45, 7) is 2.70. The molecule has 7 nitrogen and oxygen atoms in total. The van der Waals surface area contributed by atoms with E-state index < -0.39 is 0 Å². The average molecular weight is 300 g/mol. The second-order valence-corrected chi connectivity index (χ2v) is 5.60. The lowest BCUT2D eigenvalue weighted by Crippen LogP contribution is -2.39. The quantitative estimate of drug-likeness (QED) is 0.893. The summed E-state index contributed by atoms with van der Waals surface area (Å²) in [7, 11) is 1.71. The van der Waals surface area contributed by atoms with Crippen LogP contribution in [0.2, 0.25) is 0 Å². The largest absolute Gasteiger partial charge is 0.367 e. The highest BCUT2D eigenvalue weighted by molar-refractivity contribution is 5.33. The summed E-state index contributed by atoms with van der Waals surface area (Å²) in [6, 6.07) is 4.23. The molecule has 0 aromatic carbocycles. The molecule has 22 heavy (non-hydrogen) atoms. The second kappa shape index (κ2) is 6.65. The van der Waals surface area contributed by atoms with Crippen LogP contribution in [0.5, 0.6) is 0 Å². The number of hydrogen-bond donors (Lipinski definition) is 1.